The van der Waals surface area contributed by atoms with Crippen molar-refractivity contribution in [2.45, 2.75) is 38.3 Å². The monoisotopic (exact) mass is 280 g/mol. The minimum atomic E-state index is -0.640. The molecule has 5 nitrogen and oxygen atoms in total. The molecule has 1 saturated heterocycles. The standard InChI is InChI=1S/C13H16N2O3S/c1-8-4-5-12(19-8)10-3-2-6-14(10)13(16)9-7-11(9)15(17)18/h4-5,9-11H,2-3,6-7H2,1H3/t9-,10-,11-/m0/s1. The van der Waals surface area contributed by atoms with Gasteiger partial charge in [-0.3, -0.25) is 14.9 Å². The average molecular weight is 280 g/mol. The molecule has 1 aromatic rings. The third-order valence-corrected chi connectivity index (χ3v) is 5.07. The van der Waals surface area contributed by atoms with E-state index < -0.39 is 6.04 Å². The number of thiophene rings is 1. The first-order valence-electron chi connectivity index (χ1n) is 6.58. The van der Waals surface area contributed by atoms with Crippen LogP contribution >= 0.6 is 11.3 Å². The smallest absolute Gasteiger partial charge is 0.233 e. The van der Waals surface area contributed by atoms with Crippen molar-refractivity contribution >= 4 is 17.2 Å². The number of carbonyl (C=O) groups excluding carboxylic acids is 1. The van der Waals surface area contributed by atoms with Gasteiger partial charge in [-0.1, -0.05) is 0 Å². The molecule has 3 atom stereocenters. The second kappa shape index (κ2) is 4.59. The van der Waals surface area contributed by atoms with Gasteiger partial charge in [-0.05, 0) is 31.9 Å². The highest BCUT2D eigenvalue weighted by Crippen LogP contribution is 2.41. The lowest BCUT2D eigenvalue weighted by Crippen LogP contribution is -2.32. The van der Waals surface area contributed by atoms with Crippen LogP contribution in [0.5, 0.6) is 0 Å². The number of aryl methyl sites for hydroxylation is 1. The lowest BCUT2D eigenvalue weighted by Gasteiger charge is -2.23. The predicted octanol–water partition coefficient (Wildman–Crippen LogP) is 2.39. The van der Waals surface area contributed by atoms with Crippen LogP contribution in [0.3, 0.4) is 0 Å². The molecule has 1 saturated carbocycles. The first-order chi connectivity index (χ1) is 9.08. The molecule has 1 amide bonds. The van der Waals surface area contributed by atoms with Gasteiger partial charge in [0.1, 0.15) is 5.92 Å². The van der Waals surface area contributed by atoms with Gasteiger partial charge in [-0.25, -0.2) is 0 Å². The summed E-state index contributed by atoms with van der Waals surface area (Å²) in [5.41, 5.74) is 0. The van der Waals surface area contributed by atoms with Crippen molar-refractivity contribution in [2.24, 2.45) is 5.92 Å². The fraction of sp³-hybridized carbons (Fsp3) is 0.615. The van der Waals surface area contributed by atoms with Gasteiger partial charge >= 0.3 is 0 Å². The summed E-state index contributed by atoms with van der Waals surface area (Å²) in [5.74, 6) is -0.396. The van der Waals surface area contributed by atoms with E-state index in [9.17, 15) is 14.9 Å². The molecule has 0 N–H and O–H groups in total. The van der Waals surface area contributed by atoms with E-state index in [1.807, 2.05) is 4.90 Å². The quantitative estimate of drug-likeness (QED) is 0.631. The third kappa shape index (κ3) is 2.25. The zero-order valence-electron chi connectivity index (χ0n) is 10.7. The first-order valence-corrected chi connectivity index (χ1v) is 7.40. The topological polar surface area (TPSA) is 63.5 Å². The third-order valence-electron chi connectivity index (χ3n) is 3.97. The number of nitro groups is 1. The van der Waals surface area contributed by atoms with Crippen molar-refractivity contribution in [1.29, 1.82) is 0 Å². The van der Waals surface area contributed by atoms with Crippen LogP contribution in [-0.4, -0.2) is 28.3 Å². The first kappa shape index (κ1) is 12.6. The van der Waals surface area contributed by atoms with E-state index in [0.717, 1.165) is 19.4 Å². The molecule has 2 heterocycles. The fourth-order valence-electron chi connectivity index (χ4n) is 2.85. The number of nitrogens with zero attached hydrogens (tertiary/aromatic N) is 2. The summed E-state index contributed by atoms with van der Waals surface area (Å²) in [6.45, 7) is 2.79. The zero-order valence-corrected chi connectivity index (χ0v) is 11.6. The number of carbonyl (C=O) groups is 1. The number of likely N-dealkylation sites (tertiary alicyclic amines) is 1. The fourth-order valence-corrected chi connectivity index (χ4v) is 3.88. The van der Waals surface area contributed by atoms with E-state index in [-0.39, 0.29) is 22.8 Å². The largest absolute Gasteiger partial charge is 0.334 e. The highest BCUT2D eigenvalue weighted by molar-refractivity contribution is 7.12. The Bertz CT molecular complexity index is 528. The molecule has 1 aliphatic carbocycles. The Labute approximate surface area is 115 Å². The van der Waals surface area contributed by atoms with Gasteiger partial charge in [0.2, 0.25) is 11.9 Å². The van der Waals surface area contributed by atoms with Gasteiger partial charge in [0.15, 0.2) is 0 Å². The van der Waals surface area contributed by atoms with Crippen molar-refractivity contribution in [1.82, 2.24) is 4.90 Å². The van der Waals surface area contributed by atoms with Gasteiger partial charge in [0.05, 0.1) is 6.04 Å². The summed E-state index contributed by atoms with van der Waals surface area (Å²) < 4.78 is 0. The summed E-state index contributed by atoms with van der Waals surface area (Å²) in [5, 5.41) is 10.7. The lowest BCUT2D eigenvalue weighted by atomic mass is 10.2. The second-order valence-electron chi connectivity index (χ2n) is 5.33. The van der Waals surface area contributed by atoms with Crippen molar-refractivity contribution in [3.8, 4) is 0 Å². The second-order valence-corrected chi connectivity index (χ2v) is 6.65. The molecule has 0 aromatic carbocycles. The maximum atomic E-state index is 12.3. The van der Waals surface area contributed by atoms with Crippen LogP contribution in [0, 0.1) is 23.0 Å². The highest BCUT2D eigenvalue weighted by Gasteiger charge is 2.55. The maximum absolute atomic E-state index is 12.3. The molecule has 0 bridgehead atoms. The molecule has 1 aliphatic heterocycles. The van der Waals surface area contributed by atoms with Gasteiger partial charge in [0.25, 0.3) is 0 Å². The zero-order chi connectivity index (χ0) is 13.6. The van der Waals surface area contributed by atoms with Crippen LogP contribution in [-0.2, 0) is 4.79 Å². The summed E-state index contributed by atoms with van der Waals surface area (Å²) in [7, 11) is 0. The summed E-state index contributed by atoms with van der Waals surface area (Å²) in [6, 6.07) is 3.64. The molecule has 1 aromatic heterocycles. The predicted molar refractivity (Wildman–Crippen MR) is 71.6 cm³/mol. The summed E-state index contributed by atoms with van der Waals surface area (Å²) >= 11 is 1.72. The van der Waals surface area contributed by atoms with Gasteiger partial charge in [-0.15, -0.1) is 11.3 Å². The molecule has 0 unspecified atom stereocenters. The molecule has 0 radical (unpaired) electrons. The van der Waals surface area contributed by atoms with Crippen LogP contribution in [0.1, 0.15) is 35.1 Å². The van der Waals surface area contributed by atoms with Crippen molar-refractivity contribution in [3.05, 3.63) is 32.0 Å². The average Bonchev–Trinajstić information content (AvgIpc) is 2.82. The van der Waals surface area contributed by atoms with E-state index >= 15 is 0 Å². The van der Waals surface area contributed by atoms with E-state index in [0.29, 0.717) is 6.42 Å². The molecule has 102 valence electrons. The molecule has 6 heteroatoms. The number of amides is 1. The Kier molecular flexibility index (Phi) is 3.05. The normalized spacial score (nSPS) is 29.5. The Balaban J connectivity index is 1.73. The van der Waals surface area contributed by atoms with E-state index in [4.69, 9.17) is 0 Å². The van der Waals surface area contributed by atoms with Crippen LogP contribution in [0.25, 0.3) is 0 Å². The molecule has 2 fully saturated rings. The molecular formula is C13H16N2O3S. The van der Waals surface area contributed by atoms with Gasteiger partial charge in [-0.2, -0.15) is 0 Å². The minimum absolute atomic E-state index is 0.0183. The van der Waals surface area contributed by atoms with Crippen LogP contribution in [0.4, 0.5) is 0 Å². The van der Waals surface area contributed by atoms with E-state index in [1.54, 1.807) is 11.3 Å². The van der Waals surface area contributed by atoms with E-state index in [2.05, 4.69) is 19.1 Å². The number of rotatable bonds is 3. The molecule has 0 spiro atoms. The summed E-state index contributed by atoms with van der Waals surface area (Å²) in [4.78, 5) is 27.0. The molecule has 2 aliphatic rings. The Morgan fingerprint density at radius 2 is 2.32 bits per heavy atom. The van der Waals surface area contributed by atoms with Crippen molar-refractivity contribution in [3.63, 3.8) is 0 Å². The van der Waals surface area contributed by atoms with Crippen LogP contribution < -0.4 is 0 Å². The van der Waals surface area contributed by atoms with Crippen molar-refractivity contribution in [2.75, 3.05) is 6.54 Å². The van der Waals surface area contributed by atoms with E-state index in [1.165, 1.54) is 9.75 Å². The SMILES string of the molecule is Cc1ccc([C@@H]2CCCN2C(=O)[C@H]2C[C@@H]2[N+](=O)[O-])s1. The maximum Gasteiger partial charge on any atom is 0.233 e. The lowest BCUT2D eigenvalue weighted by molar-refractivity contribution is -0.497. The minimum Gasteiger partial charge on any atom is -0.334 e. The van der Waals surface area contributed by atoms with Gasteiger partial charge < -0.3 is 4.90 Å². The Hall–Kier alpha value is -1.43. The highest BCUT2D eigenvalue weighted by atomic mass is 32.1. The molecule has 19 heavy (non-hydrogen) atoms. The molecule has 3 rings (SSSR count). The van der Waals surface area contributed by atoms with Crippen LogP contribution in [0.15, 0.2) is 12.1 Å². The number of hydrogen-bond donors (Lipinski definition) is 0. The van der Waals surface area contributed by atoms with Crippen molar-refractivity contribution < 1.29 is 9.72 Å². The Morgan fingerprint density at radius 3 is 2.89 bits per heavy atom. The van der Waals surface area contributed by atoms with Gasteiger partial charge in [0, 0.05) is 27.6 Å². The summed E-state index contributed by atoms with van der Waals surface area (Å²) in [6.07, 6.45) is 2.38. The molecular weight excluding hydrogens is 264 g/mol. The van der Waals surface area contributed by atoms with Crippen LogP contribution in [0.2, 0.25) is 0 Å². The number of hydrogen-bond acceptors (Lipinski definition) is 4. The Morgan fingerprint density at radius 1 is 1.53 bits per heavy atom.